The molecule has 0 amide bonds. The van der Waals surface area contributed by atoms with E-state index in [9.17, 15) is 0 Å². The van der Waals surface area contributed by atoms with E-state index in [1.807, 2.05) is 45.0 Å². The fraction of sp³-hybridized carbons (Fsp3) is 0.400. The van der Waals surface area contributed by atoms with Crippen molar-refractivity contribution in [3.05, 3.63) is 35.4 Å². The highest BCUT2D eigenvalue weighted by molar-refractivity contribution is 5.25. The Labute approximate surface area is 72.7 Å². The first kappa shape index (κ1) is 9.23. The van der Waals surface area contributed by atoms with E-state index in [0.717, 1.165) is 5.56 Å². The Morgan fingerprint density at radius 1 is 1.17 bits per heavy atom. The third kappa shape index (κ3) is 1.84. The van der Waals surface area contributed by atoms with Crippen LogP contribution in [0.5, 0.6) is 0 Å². The fourth-order valence-electron chi connectivity index (χ4n) is 1.01. The van der Waals surface area contributed by atoms with Gasteiger partial charge in [-0.25, -0.2) is 4.89 Å². The first-order valence-electron chi connectivity index (χ1n) is 3.96. The van der Waals surface area contributed by atoms with Crippen molar-refractivity contribution in [3.8, 4) is 0 Å². The molecule has 1 rings (SSSR count). The average Bonchev–Trinajstić information content (AvgIpc) is 2.05. The molecule has 0 spiro atoms. The molecule has 12 heavy (non-hydrogen) atoms. The van der Waals surface area contributed by atoms with Gasteiger partial charge in [0, 0.05) is 0 Å². The number of hydrogen-bond acceptors (Lipinski definition) is 2. The minimum absolute atomic E-state index is 0.617. The van der Waals surface area contributed by atoms with Crippen LogP contribution in [0.15, 0.2) is 24.3 Å². The van der Waals surface area contributed by atoms with Gasteiger partial charge in [-0.3, -0.25) is 5.26 Å². The predicted octanol–water partition coefficient (Wildman–Crippen LogP) is 2.72. The first-order chi connectivity index (χ1) is 5.56. The predicted molar refractivity (Wildman–Crippen MR) is 47.9 cm³/mol. The Morgan fingerprint density at radius 2 is 1.67 bits per heavy atom. The molecule has 0 heterocycles. The second kappa shape index (κ2) is 3.25. The van der Waals surface area contributed by atoms with E-state index in [4.69, 9.17) is 5.26 Å². The molecule has 0 saturated heterocycles. The van der Waals surface area contributed by atoms with Crippen LogP contribution in [-0.4, -0.2) is 5.26 Å². The van der Waals surface area contributed by atoms with Gasteiger partial charge in [0.15, 0.2) is 0 Å². The lowest BCUT2D eigenvalue weighted by Crippen LogP contribution is -2.19. The van der Waals surface area contributed by atoms with E-state index in [-0.39, 0.29) is 0 Å². The summed E-state index contributed by atoms with van der Waals surface area (Å²) in [7, 11) is 0. The van der Waals surface area contributed by atoms with E-state index < -0.39 is 5.60 Å². The molecule has 1 aromatic rings. The third-order valence-electron chi connectivity index (χ3n) is 1.97. The highest BCUT2D eigenvalue weighted by Gasteiger charge is 2.20. The van der Waals surface area contributed by atoms with E-state index in [1.54, 1.807) is 0 Å². The van der Waals surface area contributed by atoms with Crippen LogP contribution in [0.1, 0.15) is 25.0 Å². The zero-order chi connectivity index (χ0) is 9.19. The first-order valence-corrected chi connectivity index (χ1v) is 3.96. The molecule has 1 N–H and O–H groups in total. The highest BCUT2D eigenvalue weighted by atomic mass is 17.1. The summed E-state index contributed by atoms with van der Waals surface area (Å²) < 4.78 is 0. The van der Waals surface area contributed by atoms with Crippen molar-refractivity contribution in [2.75, 3.05) is 0 Å². The quantitative estimate of drug-likeness (QED) is 0.540. The molecule has 0 aromatic heterocycles. The lowest BCUT2D eigenvalue weighted by Gasteiger charge is -2.20. The summed E-state index contributed by atoms with van der Waals surface area (Å²) in [6, 6.07) is 7.89. The fourth-order valence-corrected chi connectivity index (χ4v) is 1.01. The van der Waals surface area contributed by atoms with E-state index in [0.29, 0.717) is 0 Å². The summed E-state index contributed by atoms with van der Waals surface area (Å²) in [6.45, 7) is 5.66. The molecule has 2 nitrogen and oxygen atoms in total. The Kier molecular flexibility index (Phi) is 2.50. The second-order valence-electron chi connectivity index (χ2n) is 3.47. The summed E-state index contributed by atoms with van der Waals surface area (Å²) in [5.41, 5.74) is 1.55. The lowest BCUT2D eigenvalue weighted by molar-refractivity contribution is -0.318. The van der Waals surface area contributed by atoms with Crippen LogP contribution in [0.2, 0.25) is 0 Å². The van der Waals surface area contributed by atoms with Gasteiger partial charge in [0.2, 0.25) is 0 Å². The van der Waals surface area contributed by atoms with Crippen molar-refractivity contribution < 1.29 is 10.1 Å². The monoisotopic (exact) mass is 166 g/mol. The lowest BCUT2D eigenvalue weighted by atomic mass is 9.98. The number of aryl methyl sites for hydroxylation is 1. The molecule has 0 atom stereocenters. The molecule has 0 saturated carbocycles. The molecule has 0 aliphatic heterocycles. The van der Waals surface area contributed by atoms with Crippen molar-refractivity contribution in [3.63, 3.8) is 0 Å². The molecule has 0 radical (unpaired) electrons. The Balaban J connectivity index is 2.96. The maximum Gasteiger partial charge on any atom is 0.123 e. The Bertz CT molecular complexity index is 249. The zero-order valence-electron chi connectivity index (χ0n) is 7.66. The largest absolute Gasteiger partial charge is 0.251 e. The number of hydrogen-bond donors (Lipinski definition) is 1. The summed E-state index contributed by atoms with van der Waals surface area (Å²) in [6.07, 6.45) is 0. The van der Waals surface area contributed by atoms with Crippen molar-refractivity contribution >= 4 is 0 Å². The van der Waals surface area contributed by atoms with Crippen molar-refractivity contribution in [1.82, 2.24) is 0 Å². The maximum absolute atomic E-state index is 8.62. The third-order valence-corrected chi connectivity index (χ3v) is 1.97. The van der Waals surface area contributed by atoms with Crippen LogP contribution in [0, 0.1) is 6.92 Å². The summed E-state index contributed by atoms with van der Waals surface area (Å²) in [5, 5.41) is 8.62. The second-order valence-corrected chi connectivity index (χ2v) is 3.47. The van der Waals surface area contributed by atoms with Crippen LogP contribution in [0.4, 0.5) is 0 Å². The molecule has 2 heteroatoms. The molecule has 0 fully saturated rings. The Hall–Kier alpha value is -0.860. The van der Waals surface area contributed by atoms with Gasteiger partial charge in [0.1, 0.15) is 5.60 Å². The molecule has 0 aliphatic carbocycles. The van der Waals surface area contributed by atoms with Gasteiger partial charge in [-0.1, -0.05) is 29.8 Å². The minimum Gasteiger partial charge on any atom is -0.251 e. The van der Waals surface area contributed by atoms with Crippen LogP contribution in [0.3, 0.4) is 0 Å². The van der Waals surface area contributed by atoms with Crippen LogP contribution >= 0.6 is 0 Å². The van der Waals surface area contributed by atoms with E-state index in [1.165, 1.54) is 5.56 Å². The van der Waals surface area contributed by atoms with Gasteiger partial charge in [-0.15, -0.1) is 0 Å². The smallest absolute Gasteiger partial charge is 0.123 e. The van der Waals surface area contributed by atoms with Crippen molar-refractivity contribution in [1.29, 1.82) is 0 Å². The van der Waals surface area contributed by atoms with E-state index in [2.05, 4.69) is 4.89 Å². The maximum atomic E-state index is 8.62. The van der Waals surface area contributed by atoms with Crippen molar-refractivity contribution in [2.45, 2.75) is 26.4 Å². The molecule has 66 valence electrons. The van der Waals surface area contributed by atoms with Gasteiger partial charge < -0.3 is 0 Å². The van der Waals surface area contributed by atoms with Crippen LogP contribution in [-0.2, 0) is 10.5 Å². The summed E-state index contributed by atoms with van der Waals surface area (Å²) in [5.74, 6) is 0. The topological polar surface area (TPSA) is 29.5 Å². The standard InChI is InChI=1S/C10H14O2/c1-8-4-6-9(7-5-8)10(2,3)12-11/h4-7,11H,1-3H3. The van der Waals surface area contributed by atoms with Gasteiger partial charge in [0.25, 0.3) is 0 Å². The average molecular weight is 166 g/mol. The molecule has 1 aromatic carbocycles. The van der Waals surface area contributed by atoms with Gasteiger partial charge >= 0.3 is 0 Å². The minimum atomic E-state index is -0.617. The van der Waals surface area contributed by atoms with E-state index >= 15 is 0 Å². The van der Waals surface area contributed by atoms with Crippen molar-refractivity contribution in [2.24, 2.45) is 0 Å². The summed E-state index contributed by atoms with van der Waals surface area (Å²) >= 11 is 0. The molecule has 0 unspecified atom stereocenters. The van der Waals surface area contributed by atoms with Gasteiger partial charge in [-0.05, 0) is 26.3 Å². The molecular formula is C10H14O2. The van der Waals surface area contributed by atoms with Gasteiger partial charge in [-0.2, -0.15) is 0 Å². The number of benzene rings is 1. The summed E-state index contributed by atoms with van der Waals surface area (Å²) in [4.78, 5) is 4.36. The van der Waals surface area contributed by atoms with Crippen LogP contribution in [0.25, 0.3) is 0 Å². The van der Waals surface area contributed by atoms with Gasteiger partial charge in [0.05, 0.1) is 0 Å². The molecule has 0 bridgehead atoms. The zero-order valence-corrected chi connectivity index (χ0v) is 7.66. The highest BCUT2D eigenvalue weighted by Crippen LogP contribution is 2.23. The molecule has 0 aliphatic rings. The Morgan fingerprint density at radius 3 is 2.08 bits per heavy atom. The van der Waals surface area contributed by atoms with Crippen LogP contribution < -0.4 is 0 Å². The normalized spacial score (nSPS) is 11.7. The molecular weight excluding hydrogens is 152 g/mol. The SMILES string of the molecule is Cc1ccc(C(C)(C)OO)cc1. The number of rotatable bonds is 2.